The van der Waals surface area contributed by atoms with Crippen molar-refractivity contribution in [1.29, 1.82) is 0 Å². The highest BCUT2D eigenvalue weighted by atomic mass is 79.9. The molecule has 1 heterocycles. The van der Waals surface area contributed by atoms with E-state index in [4.69, 9.17) is 10.5 Å². The van der Waals surface area contributed by atoms with Crippen LogP contribution in [0.3, 0.4) is 0 Å². The summed E-state index contributed by atoms with van der Waals surface area (Å²) in [6, 6.07) is 0. The van der Waals surface area contributed by atoms with Crippen molar-refractivity contribution in [3.8, 4) is 0 Å². The van der Waals surface area contributed by atoms with Crippen molar-refractivity contribution in [2.75, 3.05) is 12.3 Å². The van der Waals surface area contributed by atoms with Crippen molar-refractivity contribution in [2.45, 2.75) is 26.3 Å². The van der Waals surface area contributed by atoms with Crippen molar-refractivity contribution in [3.05, 3.63) is 10.7 Å². The zero-order chi connectivity index (χ0) is 11.6. The van der Waals surface area contributed by atoms with E-state index in [1.807, 2.05) is 0 Å². The Labute approximate surface area is 96.7 Å². The molecule has 0 saturated heterocycles. The third-order valence-corrected chi connectivity index (χ3v) is 2.65. The van der Waals surface area contributed by atoms with Gasteiger partial charge in [0.25, 0.3) is 0 Å². The molecule has 0 spiro atoms. The second-order valence-corrected chi connectivity index (χ2v) is 4.44. The number of anilines is 1. The van der Waals surface area contributed by atoms with Gasteiger partial charge in [-0.1, -0.05) is 0 Å². The fourth-order valence-electron chi connectivity index (χ4n) is 1.05. The normalized spacial score (nSPS) is 11.5. The zero-order valence-electron chi connectivity index (χ0n) is 8.95. The monoisotopic (exact) mass is 275 g/mol. The molecule has 0 aliphatic rings. The van der Waals surface area contributed by atoms with E-state index in [1.165, 1.54) is 4.68 Å². The Balaban J connectivity index is 2.99. The lowest BCUT2D eigenvalue weighted by Crippen LogP contribution is -2.37. The lowest BCUT2D eigenvalue weighted by atomic mass is 10.1. The number of halogens is 1. The number of hydrogen-bond donors (Lipinski definition) is 1. The van der Waals surface area contributed by atoms with Gasteiger partial charge in [-0.3, -0.25) is 4.68 Å². The molecule has 0 unspecified atom stereocenters. The number of hydrogen-bond acceptors (Lipinski definition) is 4. The lowest BCUT2D eigenvalue weighted by molar-refractivity contribution is -0.152. The summed E-state index contributed by atoms with van der Waals surface area (Å²) < 4.78 is 7.11. The summed E-state index contributed by atoms with van der Waals surface area (Å²) in [4.78, 5) is 11.6. The summed E-state index contributed by atoms with van der Waals surface area (Å²) in [6.45, 7) is 5.56. The van der Waals surface area contributed by atoms with Crippen LogP contribution < -0.4 is 5.73 Å². The average Bonchev–Trinajstić information content (AvgIpc) is 2.48. The van der Waals surface area contributed by atoms with Crippen molar-refractivity contribution in [2.24, 2.45) is 0 Å². The van der Waals surface area contributed by atoms with E-state index in [2.05, 4.69) is 21.0 Å². The maximum Gasteiger partial charge on any atom is 0.333 e. The minimum absolute atomic E-state index is 0.333. The van der Waals surface area contributed by atoms with E-state index in [1.54, 1.807) is 27.0 Å². The van der Waals surface area contributed by atoms with Gasteiger partial charge in [0.05, 0.1) is 11.1 Å². The fraction of sp³-hybridized carbons (Fsp3) is 0.556. The topological polar surface area (TPSA) is 70.1 Å². The first-order valence-corrected chi connectivity index (χ1v) is 5.37. The van der Waals surface area contributed by atoms with E-state index in [0.29, 0.717) is 16.9 Å². The van der Waals surface area contributed by atoms with Gasteiger partial charge >= 0.3 is 5.97 Å². The molecular formula is C9H14BrN3O2. The molecule has 84 valence electrons. The van der Waals surface area contributed by atoms with Crippen molar-refractivity contribution in [3.63, 3.8) is 0 Å². The van der Waals surface area contributed by atoms with Gasteiger partial charge in [0, 0.05) is 6.20 Å². The summed E-state index contributed by atoms with van der Waals surface area (Å²) in [6.07, 6.45) is 1.66. The summed E-state index contributed by atoms with van der Waals surface area (Å²) in [7, 11) is 0. The van der Waals surface area contributed by atoms with Gasteiger partial charge in [-0.25, -0.2) is 4.79 Å². The molecule has 5 nitrogen and oxygen atoms in total. The summed E-state index contributed by atoms with van der Waals surface area (Å²) in [5.41, 5.74) is 4.73. The van der Waals surface area contributed by atoms with E-state index >= 15 is 0 Å². The highest BCUT2D eigenvalue weighted by molar-refractivity contribution is 9.10. The number of nitrogen functional groups attached to an aromatic ring is 1. The van der Waals surface area contributed by atoms with Crippen LogP contribution >= 0.6 is 15.9 Å². The largest absolute Gasteiger partial charge is 0.464 e. The number of rotatable bonds is 3. The van der Waals surface area contributed by atoms with Crippen LogP contribution in [0.5, 0.6) is 0 Å². The summed E-state index contributed by atoms with van der Waals surface area (Å²) >= 11 is 3.24. The molecule has 15 heavy (non-hydrogen) atoms. The van der Waals surface area contributed by atoms with Gasteiger partial charge in [0.15, 0.2) is 11.4 Å². The van der Waals surface area contributed by atoms with Crippen LogP contribution in [-0.2, 0) is 15.1 Å². The molecule has 1 aromatic heterocycles. The van der Waals surface area contributed by atoms with Crippen molar-refractivity contribution >= 4 is 27.7 Å². The first-order chi connectivity index (χ1) is 6.89. The standard InChI is InChI=1S/C9H14BrN3O2/c1-4-15-8(14)9(2,3)13-5-6(10)7(11)12-13/h5H,4H2,1-3H3,(H2,11,12). The van der Waals surface area contributed by atoms with Gasteiger partial charge < -0.3 is 10.5 Å². The maximum atomic E-state index is 11.6. The van der Waals surface area contributed by atoms with Crippen LogP contribution in [0.2, 0.25) is 0 Å². The molecule has 6 heteroatoms. The molecular weight excluding hydrogens is 262 g/mol. The highest BCUT2D eigenvalue weighted by Gasteiger charge is 2.32. The zero-order valence-corrected chi connectivity index (χ0v) is 10.5. The SMILES string of the molecule is CCOC(=O)C(C)(C)n1cc(Br)c(N)n1. The Kier molecular flexibility index (Phi) is 3.38. The quantitative estimate of drug-likeness (QED) is 0.850. The number of nitrogens with zero attached hydrogens (tertiary/aromatic N) is 2. The van der Waals surface area contributed by atoms with E-state index < -0.39 is 5.54 Å². The van der Waals surface area contributed by atoms with E-state index in [0.717, 1.165) is 0 Å². The molecule has 0 aliphatic carbocycles. The predicted octanol–water partition coefficient (Wildman–Crippen LogP) is 1.53. The van der Waals surface area contributed by atoms with Crippen molar-refractivity contribution < 1.29 is 9.53 Å². The molecule has 0 amide bonds. The Bertz CT molecular complexity index is 354. The highest BCUT2D eigenvalue weighted by Crippen LogP contribution is 2.23. The second-order valence-electron chi connectivity index (χ2n) is 3.59. The number of ether oxygens (including phenoxy) is 1. The number of carbonyl (C=O) groups is 1. The van der Waals surface area contributed by atoms with Crippen LogP contribution in [0, 0.1) is 0 Å². The Morgan fingerprint density at radius 3 is 2.73 bits per heavy atom. The Morgan fingerprint density at radius 2 is 2.33 bits per heavy atom. The molecule has 0 bridgehead atoms. The molecule has 2 N–H and O–H groups in total. The minimum Gasteiger partial charge on any atom is -0.464 e. The summed E-state index contributed by atoms with van der Waals surface area (Å²) in [5.74, 6) is 0.0207. The third kappa shape index (κ3) is 2.31. The first-order valence-electron chi connectivity index (χ1n) is 4.58. The Morgan fingerprint density at radius 1 is 1.73 bits per heavy atom. The van der Waals surface area contributed by atoms with Crippen molar-refractivity contribution in [1.82, 2.24) is 9.78 Å². The molecule has 0 radical (unpaired) electrons. The van der Waals surface area contributed by atoms with E-state index in [9.17, 15) is 4.79 Å². The Hall–Kier alpha value is -1.04. The van der Waals surface area contributed by atoms with Crippen LogP contribution in [0.1, 0.15) is 20.8 Å². The maximum absolute atomic E-state index is 11.6. The number of nitrogens with two attached hydrogens (primary N) is 1. The average molecular weight is 276 g/mol. The van der Waals surface area contributed by atoms with Gasteiger partial charge in [-0.2, -0.15) is 5.10 Å². The number of carbonyl (C=O) groups excluding carboxylic acids is 1. The van der Waals surface area contributed by atoms with Crippen LogP contribution in [0.25, 0.3) is 0 Å². The number of esters is 1. The smallest absolute Gasteiger partial charge is 0.333 e. The van der Waals surface area contributed by atoms with Gasteiger partial charge in [0.1, 0.15) is 0 Å². The number of aromatic nitrogens is 2. The molecule has 1 aromatic rings. The lowest BCUT2D eigenvalue weighted by Gasteiger charge is -2.22. The molecule has 0 fully saturated rings. The molecule has 0 aliphatic heterocycles. The van der Waals surface area contributed by atoms with Gasteiger partial charge in [-0.05, 0) is 36.7 Å². The van der Waals surface area contributed by atoms with E-state index in [-0.39, 0.29) is 5.97 Å². The molecule has 0 saturated carbocycles. The fourth-order valence-corrected chi connectivity index (χ4v) is 1.33. The minimum atomic E-state index is -0.851. The van der Waals surface area contributed by atoms with Gasteiger partial charge in [0.2, 0.25) is 0 Å². The summed E-state index contributed by atoms with van der Waals surface area (Å²) in [5, 5.41) is 4.03. The first kappa shape index (κ1) is 12.0. The van der Waals surface area contributed by atoms with Crippen LogP contribution in [0.15, 0.2) is 10.7 Å². The van der Waals surface area contributed by atoms with Crippen LogP contribution in [-0.4, -0.2) is 22.4 Å². The molecule has 0 aromatic carbocycles. The van der Waals surface area contributed by atoms with Crippen LogP contribution in [0.4, 0.5) is 5.82 Å². The molecule has 0 atom stereocenters. The third-order valence-electron chi connectivity index (χ3n) is 2.04. The van der Waals surface area contributed by atoms with Gasteiger partial charge in [-0.15, -0.1) is 0 Å². The second kappa shape index (κ2) is 4.22. The molecule has 1 rings (SSSR count). The predicted molar refractivity (Wildman–Crippen MR) is 60.3 cm³/mol.